The van der Waals surface area contributed by atoms with E-state index in [-0.39, 0.29) is 0 Å². The second-order valence-electron chi connectivity index (χ2n) is 4.95. The van der Waals surface area contributed by atoms with Crippen LogP contribution in [0.25, 0.3) is 0 Å². The van der Waals surface area contributed by atoms with E-state index in [2.05, 4.69) is 23.9 Å². The van der Waals surface area contributed by atoms with Gasteiger partial charge in [0.1, 0.15) is 0 Å². The number of unbranched alkanes of at least 4 members (excludes halogenated alkanes) is 2. The van der Waals surface area contributed by atoms with Crippen LogP contribution in [-0.4, -0.2) is 63.2 Å². The van der Waals surface area contributed by atoms with Gasteiger partial charge in [0, 0.05) is 0 Å². The molecule has 0 radical (unpaired) electrons. The number of hydrogen-bond acceptors (Lipinski definition) is 4. The Morgan fingerprint density at radius 1 is 0.588 bits per heavy atom. The van der Waals surface area contributed by atoms with E-state index in [1.165, 1.54) is 45.4 Å². The molecule has 17 heavy (non-hydrogen) atoms. The van der Waals surface area contributed by atoms with Crippen molar-refractivity contribution in [2.45, 2.75) is 32.1 Å². The normalized spacial score (nSPS) is 11.6. The summed E-state index contributed by atoms with van der Waals surface area (Å²) in [5, 5.41) is 0. The van der Waals surface area contributed by atoms with E-state index in [0.29, 0.717) is 0 Å². The molecule has 0 atom stereocenters. The molecule has 0 rings (SSSR count). The van der Waals surface area contributed by atoms with Gasteiger partial charge in [-0.15, -0.1) is 0 Å². The van der Waals surface area contributed by atoms with Gasteiger partial charge in [-0.25, -0.2) is 0 Å². The van der Waals surface area contributed by atoms with Crippen LogP contribution in [0.5, 0.6) is 0 Å². The first-order valence-corrected chi connectivity index (χ1v) is 6.98. The molecule has 0 aliphatic heterocycles. The molecule has 0 aliphatic carbocycles. The van der Waals surface area contributed by atoms with Crippen molar-refractivity contribution in [3.05, 3.63) is 0 Å². The number of nitrogens with two attached hydrogens (primary N) is 2. The van der Waals surface area contributed by atoms with E-state index in [1.54, 1.807) is 0 Å². The van der Waals surface area contributed by atoms with Gasteiger partial charge < -0.3 is 21.3 Å². The Labute approximate surface area is 107 Å². The lowest BCUT2D eigenvalue weighted by atomic mass is 10.2. The van der Waals surface area contributed by atoms with Crippen LogP contribution in [0.15, 0.2) is 0 Å². The van der Waals surface area contributed by atoms with Crippen molar-refractivity contribution < 1.29 is 0 Å². The second-order valence-corrected chi connectivity index (χ2v) is 4.95. The SMILES string of the molecule is CN(CCCCN)CCCN(C)CCCCN. The maximum Gasteiger partial charge on any atom is -0.000960 e. The van der Waals surface area contributed by atoms with E-state index >= 15 is 0 Å². The minimum Gasteiger partial charge on any atom is -0.330 e. The molecule has 0 aliphatic rings. The van der Waals surface area contributed by atoms with Crippen LogP contribution in [0.2, 0.25) is 0 Å². The molecule has 4 heteroatoms. The van der Waals surface area contributed by atoms with E-state index < -0.39 is 0 Å². The number of nitrogens with zero attached hydrogens (tertiary/aromatic N) is 2. The first-order valence-electron chi connectivity index (χ1n) is 6.98. The van der Waals surface area contributed by atoms with Gasteiger partial charge in [0.05, 0.1) is 0 Å². The topological polar surface area (TPSA) is 58.5 Å². The summed E-state index contributed by atoms with van der Waals surface area (Å²) in [6.45, 7) is 6.36. The van der Waals surface area contributed by atoms with Crippen LogP contribution in [0.4, 0.5) is 0 Å². The Balaban J connectivity index is 3.29. The van der Waals surface area contributed by atoms with Gasteiger partial charge in [0.25, 0.3) is 0 Å². The smallest absolute Gasteiger partial charge is 0.000960 e. The second kappa shape index (κ2) is 12.3. The maximum atomic E-state index is 5.48. The zero-order chi connectivity index (χ0) is 12.9. The number of rotatable bonds is 12. The summed E-state index contributed by atoms with van der Waals surface area (Å²) in [6, 6.07) is 0. The summed E-state index contributed by atoms with van der Waals surface area (Å²) < 4.78 is 0. The average Bonchev–Trinajstić information content (AvgIpc) is 2.30. The van der Waals surface area contributed by atoms with Crippen molar-refractivity contribution in [3.8, 4) is 0 Å². The molecule has 0 aromatic rings. The van der Waals surface area contributed by atoms with Crippen LogP contribution in [0, 0.1) is 0 Å². The zero-order valence-corrected chi connectivity index (χ0v) is 11.8. The molecular formula is C13H32N4. The standard InChI is InChI=1S/C13H32N4/c1-16(10-5-3-8-14)12-7-13-17(2)11-6-4-9-15/h3-15H2,1-2H3. The molecule has 0 aromatic carbocycles. The van der Waals surface area contributed by atoms with Crippen molar-refractivity contribution in [2.24, 2.45) is 11.5 Å². The van der Waals surface area contributed by atoms with Gasteiger partial charge in [-0.2, -0.15) is 0 Å². The fourth-order valence-corrected chi connectivity index (χ4v) is 1.89. The van der Waals surface area contributed by atoms with Gasteiger partial charge in [-0.05, 0) is 85.5 Å². The lowest BCUT2D eigenvalue weighted by Gasteiger charge is -2.20. The van der Waals surface area contributed by atoms with Gasteiger partial charge in [0.15, 0.2) is 0 Å². The molecule has 4 nitrogen and oxygen atoms in total. The first-order chi connectivity index (χ1) is 8.20. The van der Waals surface area contributed by atoms with E-state index in [9.17, 15) is 0 Å². The third kappa shape index (κ3) is 12.1. The maximum absolute atomic E-state index is 5.48. The third-order valence-corrected chi connectivity index (χ3v) is 3.07. The number of hydrogen-bond donors (Lipinski definition) is 2. The zero-order valence-electron chi connectivity index (χ0n) is 11.8. The Kier molecular flexibility index (Phi) is 12.2. The monoisotopic (exact) mass is 244 g/mol. The molecule has 0 saturated carbocycles. The molecule has 0 heterocycles. The Morgan fingerprint density at radius 2 is 0.941 bits per heavy atom. The summed E-state index contributed by atoms with van der Waals surface area (Å²) >= 11 is 0. The summed E-state index contributed by atoms with van der Waals surface area (Å²) in [5.74, 6) is 0. The van der Waals surface area contributed by atoms with Gasteiger partial charge in [-0.1, -0.05) is 0 Å². The predicted octanol–water partition coefficient (Wildman–Crippen LogP) is 0.718. The molecule has 0 spiro atoms. The average molecular weight is 244 g/mol. The molecule has 0 saturated heterocycles. The van der Waals surface area contributed by atoms with E-state index in [4.69, 9.17) is 11.5 Å². The van der Waals surface area contributed by atoms with Crippen molar-refractivity contribution in [1.29, 1.82) is 0 Å². The molecule has 4 N–H and O–H groups in total. The van der Waals surface area contributed by atoms with Crippen LogP contribution in [-0.2, 0) is 0 Å². The van der Waals surface area contributed by atoms with Crippen LogP contribution in [0.1, 0.15) is 32.1 Å². The van der Waals surface area contributed by atoms with E-state index in [1.807, 2.05) is 0 Å². The highest BCUT2D eigenvalue weighted by atomic mass is 15.1. The Bertz CT molecular complexity index is 136. The summed E-state index contributed by atoms with van der Waals surface area (Å²) in [4.78, 5) is 4.81. The van der Waals surface area contributed by atoms with Gasteiger partial charge >= 0.3 is 0 Å². The van der Waals surface area contributed by atoms with Crippen LogP contribution >= 0.6 is 0 Å². The molecule has 0 aromatic heterocycles. The molecule has 0 unspecified atom stereocenters. The Morgan fingerprint density at radius 3 is 1.29 bits per heavy atom. The molecule has 104 valence electrons. The van der Waals surface area contributed by atoms with Crippen molar-refractivity contribution in [3.63, 3.8) is 0 Å². The van der Waals surface area contributed by atoms with Crippen molar-refractivity contribution >= 4 is 0 Å². The lowest BCUT2D eigenvalue weighted by Crippen LogP contribution is -2.27. The fraction of sp³-hybridized carbons (Fsp3) is 1.00. The largest absolute Gasteiger partial charge is 0.330 e. The lowest BCUT2D eigenvalue weighted by molar-refractivity contribution is 0.273. The highest BCUT2D eigenvalue weighted by molar-refractivity contribution is 4.57. The van der Waals surface area contributed by atoms with Crippen molar-refractivity contribution in [2.75, 3.05) is 53.4 Å². The van der Waals surface area contributed by atoms with Gasteiger partial charge in [0.2, 0.25) is 0 Å². The molecular weight excluding hydrogens is 212 g/mol. The first kappa shape index (κ1) is 16.8. The molecule has 0 bridgehead atoms. The summed E-state index contributed by atoms with van der Waals surface area (Å²) in [7, 11) is 4.40. The van der Waals surface area contributed by atoms with Crippen LogP contribution in [0.3, 0.4) is 0 Å². The fourth-order valence-electron chi connectivity index (χ4n) is 1.89. The molecule has 0 fully saturated rings. The van der Waals surface area contributed by atoms with Gasteiger partial charge in [-0.3, -0.25) is 0 Å². The highest BCUT2D eigenvalue weighted by Gasteiger charge is 2.00. The summed E-state index contributed by atoms with van der Waals surface area (Å²) in [5.41, 5.74) is 11.0. The third-order valence-electron chi connectivity index (χ3n) is 3.07. The van der Waals surface area contributed by atoms with E-state index in [0.717, 1.165) is 25.9 Å². The molecule has 0 amide bonds. The minimum atomic E-state index is 0.817. The Hall–Kier alpha value is -0.160. The summed E-state index contributed by atoms with van der Waals surface area (Å²) in [6.07, 6.45) is 5.98. The highest BCUT2D eigenvalue weighted by Crippen LogP contribution is 1.96. The quantitative estimate of drug-likeness (QED) is 0.497. The van der Waals surface area contributed by atoms with Crippen molar-refractivity contribution in [1.82, 2.24) is 9.80 Å². The predicted molar refractivity (Wildman–Crippen MR) is 76.2 cm³/mol. The van der Waals surface area contributed by atoms with Crippen LogP contribution < -0.4 is 11.5 Å². The minimum absolute atomic E-state index is 0.817.